The first-order valence-corrected chi connectivity index (χ1v) is 9.18. The van der Waals surface area contributed by atoms with Crippen LogP contribution in [0.25, 0.3) is 0 Å². The molecule has 0 N–H and O–H groups in total. The van der Waals surface area contributed by atoms with Crippen molar-refractivity contribution in [2.75, 3.05) is 24.5 Å². The van der Waals surface area contributed by atoms with Gasteiger partial charge in [-0.15, -0.1) is 0 Å². The lowest BCUT2D eigenvalue weighted by atomic mass is 9.86. The van der Waals surface area contributed by atoms with Crippen LogP contribution >= 0.6 is 0 Å². The highest BCUT2D eigenvalue weighted by Crippen LogP contribution is 2.44. The van der Waals surface area contributed by atoms with E-state index in [1.54, 1.807) is 20.1 Å². The van der Waals surface area contributed by atoms with Crippen LogP contribution in [0.15, 0.2) is 12.4 Å². The second kappa shape index (κ2) is 4.55. The topological polar surface area (TPSA) is 75.5 Å². The third kappa shape index (κ3) is 2.16. The quantitative estimate of drug-likeness (QED) is 0.803. The van der Waals surface area contributed by atoms with Crippen molar-refractivity contribution in [2.24, 2.45) is 12.5 Å². The van der Waals surface area contributed by atoms with Crippen LogP contribution in [0.1, 0.15) is 25.7 Å². The van der Waals surface area contributed by atoms with Crippen molar-refractivity contribution in [1.82, 2.24) is 14.1 Å². The predicted octanol–water partition coefficient (Wildman–Crippen LogP) is 0.341. The molecule has 120 valence electrons. The lowest BCUT2D eigenvalue weighted by Gasteiger charge is -2.23. The number of hydrogen-bond donors (Lipinski definition) is 0. The minimum atomic E-state index is -3.14. The molecule has 1 aliphatic carbocycles. The third-order valence-corrected chi connectivity index (χ3v) is 7.38. The van der Waals surface area contributed by atoms with Gasteiger partial charge in [0, 0.05) is 44.7 Å². The van der Waals surface area contributed by atoms with Crippen molar-refractivity contribution < 1.29 is 13.2 Å². The van der Waals surface area contributed by atoms with Gasteiger partial charge in [-0.05, 0) is 19.3 Å². The molecule has 0 unspecified atom stereocenters. The summed E-state index contributed by atoms with van der Waals surface area (Å²) in [6, 6.07) is 0. The molecule has 3 heterocycles. The molecule has 1 aromatic heterocycles. The second-order valence-corrected chi connectivity index (χ2v) is 9.07. The molecule has 2 saturated heterocycles. The summed E-state index contributed by atoms with van der Waals surface area (Å²) in [7, 11) is -1.32. The summed E-state index contributed by atoms with van der Waals surface area (Å²) < 4.78 is 28.1. The zero-order valence-electron chi connectivity index (χ0n) is 12.6. The number of aromatic nitrogens is 2. The summed E-state index contributed by atoms with van der Waals surface area (Å²) in [5, 5.41) is 3.94. The van der Waals surface area contributed by atoms with Gasteiger partial charge in [-0.2, -0.15) is 5.10 Å². The predicted molar refractivity (Wildman–Crippen MR) is 80.7 cm³/mol. The molecule has 22 heavy (non-hydrogen) atoms. The minimum absolute atomic E-state index is 0.0682. The number of nitrogens with zero attached hydrogens (tertiary/aromatic N) is 4. The molecular weight excluding hydrogens is 304 g/mol. The largest absolute Gasteiger partial charge is 0.309 e. The van der Waals surface area contributed by atoms with Gasteiger partial charge in [0.1, 0.15) is 0 Å². The molecule has 1 atom stereocenters. The molecule has 8 heteroatoms. The van der Waals surface area contributed by atoms with Gasteiger partial charge in [0.05, 0.1) is 17.1 Å². The molecule has 1 saturated carbocycles. The van der Waals surface area contributed by atoms with E-state index >= 15 is 0 Å². The number of rotatable bonds is 3. The highest BCUT2D eigenvalue weighted by atomic mass is 32.2. The Hall–Kier alpha value is -1.41. The van der Waals surface area contributed by atoms with Gasteiger partial charge in [-0.25, -0.2) is 12.7 Å². The van der Waals surface area contributed by atoms with Gasteiger partial charge in [-0.1, -0.05) is 0 Å². The summed E-state index contributed by atoms with van der Waals surface area (Å²) in [6.45, 7) is 1.62. The van der Waals surface area contributed by atoms with E-state index in [2.05, 4.69) is 5.10 Å². The third-order valence-electron chi connectivity index (χ3n) is 5.03. The van der Waals surface area contributed by atoms with Crippen LogP contribution < -0.4 is 4.90 Å². The highest BCUT2D eigenvalue weighted by molar-refractivity contribution is 7.90. The summed E-state index contributed by atoms with van der Waals surface area (Å²) in [4.78, 5) is 14.1. The monoisotopic (exact) mass is 324 g/mol. The number of carbonyl (C=O) groups is 1. The Morgan fingerprint density at radius 1 is 1.32 bits per heavy atom. The Labute approximate surface area is 129 Å². The van der Waals surface area contributed by atoms with Gasteiger partial charge < -0.3 is 4.90 Å². The average molecular weight is 324 g/mol. The van der Waals surface area contributed by atoms with Crippen molar-refractivity contribution in [1.29, 1.82) is 0 Å². The first kappa shape index (κ1) is 14.2. The van der Waals surface area contributed by atoms with Crippen molar-refractivity contribution in [3.05, 3.63) is 12.4 Å². The van der Waals surface area contributed by atoms with Crippen LogP contribution in [0, 0.1) is 5.41 Å². The number of hydrogen-bond acceptors (Lipinski definition) is 4. The van der Waals surface area contributed by atoms with E-state index in [0.29, 0.717) is 26.1 Å². The van der Waals surface area contributed by atoms with Crippen molar-refractivity contribution in [3.63, 3.8) is 0 Å². The number of sulfonamides is 1. The van der Waals surface area contributed by atoms with E-state index in [9.17, 15) is 13.2 Å². The smallest absolute Gasteiger partial charge is 0.227 e. The fourth-order valence-electron chi connectivity index (χ4n) is 3.64. The Bertz CT molecular complexity index is 724. The molecule has 3 fully saturated rings. The van der Waals surface area contributed by atoms with Crippen LogP contribution in [0.3, 0.4) is 0 Å². The Balaban J connectivity index is 1.53. The maximum absolute atomic E-state index is 12.4. The van der Waals surface area contributed by atoms with E-state index in [-0.39, 0.29) is 16.6 Å². The molecule has 0 radical (unpaired) electrons. The molecule has 0 bridgehead atoms. The van der Waals surface area contributed by atoms with Crippen molar-refractivity contribution in [2.45, 2.75) is 30.9 Å². The van der Waals surface area contributed by atoms with Crippen LogP contribution in [0.5, 0.6) is 0 Å². The summed E-state index contributed by atoms with van der Waals surface area (Å²) >= 11 is 0. The van der Waals surface area contributed by atoms with Crippen molar-refractivity contribution in [3.8, 4) is 0 Å². The normalized spacial score (nSPS) is 29.9. The second-order valence-electron chi connectivity index (χ2n) is 6.86. The molecule has 2 aliphatic heterocycles. The summed E-state index contributed by atoms with van der Waals surface area (Å²) in [5.74, 6) is 0.0682. The van der Waals surface area contributed by atoms with Gasteiger partial charge in [0.25, 0.3) is 0 Å². The van der Waals surface area contributed by atoms with Crippen LogP contribution in [0.4, 0.5) is 5.69 Å². The first-order valence-electron chi connectivity index (χ1n) is 7.68. The number of carbonyl (C=O) groups excluding carboxylic acids is 1. The van der Waals surface area contributed by atoms with Gasteiger partial charge in [0.15, 0.2) is 0 Å². The van der Waals surface area contributed by atoms with Crippen LogP contribution in [0.2, 0.25) is 0 Å². The van der Waals surface area contributed by atoms with Gasteiger partial charge in [0.2, 0.25) is 15.9 Å². The van der Waals surface area contributed by atoms with E-state index in [1.165, 1.54) is 0 Å². The molecule has 1 spiro atoms. The Kier molecular flexibility index (Phi) is 2.93. The van der Waals surface area contributed by atoms with Crippen molar-refractivity contribution >= 4 is 21.6 Å². The molecule has 3 aliphatic rings. The highest BCUT2D eigenvalue weighted by Gasteiger charge is 2.52. The molecular formula is C14H20N4O3S. The lowest BCUT2D eigenvalue weighted by molar-refractivity contribution is -0.117. The maximum Gasteiger partial charge on any atom is 0.227 e. The Morgan fingerprint density at radius 2 is 2.09 bits per heavy atom. The number of amides is 1. The summed E-state index contributed by atoms with van der Waals surface area (Å²) in [6.07, 6.45) is 6.27. The molecule has 7 nitrogen and oxygen atoms in total. The zero-order chi connectivity index (χ0) is 15.5. The average Bonchev–Trinajstić information content (AvgIpc) is 3.00. The fraction of sp³-hybridized carbons (Fsp3) is 0.714. The molecule has 0 aromatic carbocycles. The fourth-order valence-corrected chi connectivity index (χ4v) is 5.59. The molecule has 1 aromatic rings. The summed E-state index contributed by atoms with van der Waals surface area (Å²) in [5.41, 5.74) is 0.572. The number of aryl methyl sites for hydroxylation is 1. The maximum atomic E-state index is 12.4. The van der Waals surface area contributed by atoms with Gasteiger partial charge >= 0.3 is 0 Å². The van der Waals surface area contributed by atoms with Crippen LogP contribution in [-0.2, 0) is 21.9 Å². The lowest BCUT2D eigenvalue weighted by Crippen LogP contribution is -2.35. The van der Waals surface area contributed by atoms with E-state index in [4.69, 9.17) is 0 Å². The van der Waals surface area contributed by atoms with E-state index < -0.39 is 10.0 Å². The van der Waals surface area contributed by atoms with E-state index in [1.807, 2.05) is 13.2 Å². The number of anilines is 1. The SMILES string of the molecule is Cn1cc(N2C[C@]3(CCN(S(=O)(=O)C4CC4)C3)CC2=O)cn1. The van der Waals surface area contributed by atoms with Crippen LogP contribution in [-0.4, -0.2) is 53.3 Å². The van der Waals surface area contributed by atoms with Gasteiger partial charge in [-0.3, -0.25) is 9.48 Å². The standard InChI is InChI=1S/C14H20N4O3S/c1-16-8-11(7-15-16)18-10-14(6-13(18)19)4-5-17(9-14)22(20,21)12-2-3-12/h7-8,12H,2-6,9-10H2,1H3/t14-/m1/s1. The zero-order valence-corrected chi connectivity index (χ0v) is 13.4. The first-order chi connectivity index (χ1) is 10.4. The molecule has 4 rings (SSSR count). The van der Waals surface area contributed by atoms with E-state index in [0.717, 1.165) is 24.9 Å². The molecule has 1 amide bonds. The Morgan fingerprint density at radius 3 is 2.73 bits per heavy atom. The minimum Gasteiger partial charge on any atom is -0.309 e.